The van der Waals surface area contributed by atoms with E-state index >= 15 is 0 Å². The number of alkyl halides is 1. The molecule has 0 unspecified atom stereocenters. The average Bonchev–Trinajstić information content (AvgIpc) is 2.37. The first-order chi connectivity index (χ1) is 9.26. The highest BCUT2D eigenvalue weighted by Crippen LogP contribution is 2.32. The fourth-order valence-corrected chi connectivity index (χ4v) is 4.46. The summed E-state index contributed by atoms with van der Waals surface area (Å²) in [6.45, 7) is 5.12. The van der Waals surface area contributed by atoms with Crippen molar-refractivity contribution in [2.45, 2.75) is 37.5 Å². The van der Waals surface area contributed by atoms with Gasteiger partial charge < -0.3 is 0 Å². The summed E-state index contributed by atoms with van der Waals surface area (Å²) in [6, 6.07) is 3.81. The summed E-state index contributed by atoms with van der Waals surface area (Å²) >= 11 is 5.64. The molecule has 20 heavy (non-hydrogen) atoms. The van der Waals surface area contributed by atoms with Gasteiger partial charge in [0.25, 0.3) is 0 Å². The van der Waals surface area contributed by atoms with Crippen LogP contribution in [0.25, 0.3) is 0 Å². The van der Waals surface area contributed by atoms with Crippen LogP contribution in [0.3, 0.4) is 0 Å². The molecule has 1 fully saturated rings. The Labute approximate surface area is 124 Å². The van der Waals surface area contributed by atoms with E-state index in [1.54, 1.807) is 0 Å². The zero-order chi connectivity index (χ0) is 15.0. The smallest absolute Gasteiger partial charge is 0.207 e. The highest BCUT2D eigenvalue weighted by molar-refractivity contribution is 7.89. The Morgan fingerprint density at radius 2 is 2.10 bits per heavy atom. The van der Waals surface area contributed by atoms with Gasteiger partial charge in [-0.1, -0.05) is 13.8 Å². The van der Waals surface area contributed by atoms with Crippen LogP contribution in [0, 0.1) is 11.2 Å². The summed E-state index contributed by atoms with van der Waals surface area (Å²) in [5.74, 6) is -0.515. The molecule has 0 amide bonds. The Hall–Kier alpha value is -0.650. The number of halogens is 2. The monoisotopic (exact) mass is 319 g/mol. The first kappa shape index (κ1) is 15.7. The lowest BCUT2D eigenvalue weighted by molar-refractivity contribution is 0.187. The predicted octanol–water partition coefficient (Wildman–Crippen LogP) is 3.38. The molecule has 1 aliphatic rings. The summed E-state index contributed by atoms with van der Waals surface area (Å²) in [4.78, 5) is 0.118. The maximum atomic E-state index is 13.4. The van der Waals surface area contributed by atoms with Crippen LogP contribution in [0.15, 0.2) is 23.1 Å². The molecule has 1 heterocycles. The minimum absolute atomic E-state index is 0.0271. The molecule has 0 aliphatic carbocycles. The zero-order valence-electron chi connectivity index (χ0n) is 11.7. The van der Waals surface area contributed by atoms with Crippen LogP contribution < -0.4 is 0 Å². The number of benzene rings is 1. The summed E-state index contributed by atoms with van der Waals surface area (Å²) in [5, 5.41) is 0. The Morgan fingerprint density at radius 3 is 2.70 bits per heavy atom. The van der Waals surface area contributed by atoms with Crippen molar-refractivity contribution in [3.05, 3.63) is 29.6 Å². The number of piperidine rings is 1. The van der Waals surface area contributed by atoms with E-state index in [0.29, 0.717) is 13.1 Å². The molecule has 0 N–H and O–H groups in total. The van der Waals surface area contributed by atoms with Gasteiger partial charge in [-0.25, -0.2) is 12.8 Å². The van der Waals surface area contributed by atoms with Crippen LogP contribution in [0.5, 0.6) is 0 Å². The van der Waals surface area contributed by atoms with E-state index in [2.05, 4.69) is 13.8 Å². The van der Waals surface area contributed by atoms with Crippen molar-refractivity contribution >= 4 is 21.6 Å². The standard InChI is InChI=1S/C14H19ClFNO2S/c1-14(2)6-3-7-17(10-14)20(18,19)12-4-5-13(16)11(8-12)9-15/h4-5,8H,3,6-7,9-10H2,1-2H3. The van der Waals surface area contributed by atoms with Crippen LogP contribution in [-0.4, -0.2) is 25.8 Å². The Bertz CT molecular complexity index is 601. The van der Waals surface area contributed by atoms with Crippen molar-refractivity contribution in [3.63, 3.8) is 0 Å². The van der Waals surface area contributed by atoms with Gasteiger partial charge in [0.2, 0.25) is 10.0 Å². The summed E-state index contributed by atoms with van der Waals surface area (Å²) in [7, 11) is -3.57. The van der Waals surface area contributed by atoms with Crippen molar-refractivity contribution in [3.8, 4) is 0 Å². The molecule has 1 aliphatic heterocycles. The number of sulfonamides is 1. The number of rotatable bonds is 3. The molecule has 1 aromatic rings. The van der Waals surface area contributed by atoms with Crippen LogP contribution in [0.1, 0.15) is 32.3 Å². The van der Waals surface area contributed by atoms with Gasteiger partial charge in [-0.2, -0.15) is 4.31 Å². The highest BCUT2D eigenvalue weighted by atomic mass is 35.5. The number of hydrogen-bond donors (Lipinski definition) is 0. The SMILES string of the molecule is CC1(C)CCCN(S(=O)(=O)c2ccc(F)c(CCl)c2)C1. The maximum Gasteiger partial charge on any atom is 0.243 e. The van der Waals surface area contributed by atoms with E-state index in [-0.39, 0.29) is 21.8 Å². The van der Waals surface area contributed by atoms with E-state index in [1.165, 1.54) is 22.5 Å². The number of nitrogens with zero attached hydrogens (tertiary/aromatic N) is 1. The molecule has 0 saturated carbocycles. The lowest BCUT2D eigenvalue weighted by Gasteiger charge is -2.37. The van der Waals surface area contributed by atoms with Crippen molar-refractivity contribution in [2.75, 3.05) is 13.1 Å². The van der Waals surface area contributed by atoms with Gasteiger partial charge in [-0.15, -0.1) is 11.6 Å². The van der Waals surface area contributed by atoms with Crippen molar-refractivity contribution in [1.29, 1.82) is 0 Å². The van der Waals surface area contributed by atoms with Crippen molar-refractivity contribution in [1.82, 2.24) is 4.31 Å². The topological polar surface area (TPSA) is 37.4 Å². The molecule has 2 rings (SSSR count). The van der Waals surface area contributed by atoms with E-state index in [4.69, 9.17) is 11.6 Å². The summed E-state index contributed by atoms with van der Waals surface area (Å²) in [6.07, 6.45) is 1.85. The van der Waals surface area contributed by atoms with Gasteiger partial charge in [0.05, 0.1) is 10.8 Å². The molecular weight excluding hydrogens is 301 g/mol. The molecular formula is C14H19ClFNO2S. The first-order valence-corrected chi connectivity index (χ1v) is 8.58. The van der Waals surface area contributed by atoms with E-state index in [1.807, 2.05) is 0 Å². The number of hydrogen-bond acceptors (Lipinski definition) is 2. The molecule has 6 heteroatoms. The lowest BCUT2D eigenvalue weighted by Crippen LogP contribution is -2.43. The molecule has 0 spiro atoms. The third-order valence-electron chi connectivity index (χ3n) is 3.66. The molecule has 3 nitrogen and oxygen atoms in total. The molecule has 1 aromatic carbocycles. The van der Waals surface area contributed by atoms with Gasteiger partial charge in [0.15, 0.2) is 0 Å². The van der Waals surface area contributed by atoms with E-state index < -0.39 is 15.8 Å². The third-order valence-corrected chi connectivity index (χ3v) is 5.79. The van der Waals surface area contributed by atoms with Gasteiger partial charge in [-0.3, -0.25) is 0 Å². The van der Waals surface area contributed by atoms with Crippen LogP contribution in [0.2, 0.25) is 0 Å². The van der Waals surface area contributed by atoms with Crippen LogP contribution in [-0.2, 0) is 15.9 Å². The van der Waals surface area contributed by atoms with Gasteiger partial charge in [0, 0.05) is 18.7 Å². The quantitative estimate of drug-likeness (QED) is 0.801. The van der Waals surface area contributed by atoms with Gasteiger partial charge in [0.1, 0.15) is 5.82 Å². The molecule has 1 saturated heterocycles. The Morgan fingerprint density at radius 1 is 1.40 bits per heavy atom. The third kappa shape index (κ3) is 3.15. The molecule has 0 radical (unpaired) electrons. The average molecular weight is 320 g/mol. The fourth-order valence-electron chi connectivity index (χ4n) is 2.54. The van der Waals surface area contributed by atoms with E-state index in [0.717, 1.165) is 12.8 Å². The Balaban J connectivity index is 2.35. The second kappa shape index (κ2) is 5.62. The zero-order valence-corrected chi connectivity index (χ0v) is 13.3. The fraction of sp³-hybridized carbons (Fsp3) is 0.571. The van der Waals surface area contributed by atoms with Gasteiger partial charge >= 0.3 is 0 Å². The Kier molecular flexibility index (Phi) is 4.42. The predicted molar refractivity (Wildman–Crippen MR) is 77.7 cm³/mol. The molecule has 0 aromatic heterocycles. The lowest BCUT2D eigenvalue weighted by atomic mass is 9.85. The second-order valence-electron chi connectivity index (χ2n) is 5.99. The normalized spacial score (nSPS) is 20.0. The van der Waals surface area contributed by atoms with Crippen molar-refractivity contribution < 1.29 is 12.8 Å². The summed E-state index contributed by atoms with van der Waals surface area (Å²) in [5.41, 5.74) is 0.185. The summed E-state index contributed by atoms with van der Waals surface area (Å²) < 4.78 is 40.1. The maximum absolute atomic E-state index is 13.4. The van der Waals surface area contributed by atoms with Crippen molar-refractivity contribution in [2.24, 2.45) is 5.41 Å². The first-order valence-electron chi connectivity index (χ1n) is 6.61. The second-order valence-corrected chi connectivity index (χ2v) is 8.20. The highest BCUT2D eigenvalue weighted by Gasteiger charge is 2.34. The van der Waals surface area contributed by atoms with Crippen LogP contribution in [0.4, 0.5) is 4.39 Å². The molecule has 0 atom stereocenters. The minimum atomic E-state index is -3.57. The van der Waals surface area contributed by atoms with E-state index in [9.17, 15) is 12.8 Å². The van der Waals surface area contributed by atoms with Gasteiger partial charge in [-0.05, 0) is 36.5 Å². The van der Waals surface area contributed by atoms with Crippen LogP contribution >= 0.6 is 11.6 Å². The molecule has 112 valence electrons. The molecule has 0 bridgehead atoms. The largest absolute Gasteiger partial charge is 0.243 e. The minimum Gasteiger partial charge on any atom is -0.207 e.